The zero-order chi connectivity index (χ0) is 16.2. The first-order valence-corrected chi connectivity index (χ1v) is 7.96. The van der Waals surface area contributed by atoms with E-state index in [1.54, 1.807) is 6.20 Å². The molecular weight excluding hydrogens is 288 g/mol. The highest BCUT2D eigenvalue weighted by Gasteiger charge is 2.30. The normalized spacial score (nSPS) is 20.7. The number of amides is 1. The molecule has 0 bridgehead atoms. The minimum absolute atomic E-state index is 0.0340. The minimum atomic E-state index is -0.271. The molecule has 2 aromatic rings. The Morgan fingerprint density at radius 3 is 2.61 bits per heavy atom. The number of aromatic nitrogens is 1. The SMILES string of the molecule is CC(C)c1ccc(NC(=O)C2CC(c3ccccn3)NN2)cc1. The number of nitrogens with one attached hydrogen (secondary N) is 3. The minimum Gasteiger partial charge on any atom is -0.325 e. The Labute approximate surface area is 136 Å². The summed E-state index contributed by atoms with van der Waals surface area (Å²) in [5.41, 5.74) is 9.22. The van der Waals surface area contributed by atoms with Crippen LogP contribution in [0.1, 0.15) is 43.5 Å². The molecular formula is C18H22N4O. The lowest BCUT2D eigenvalue weighted by molar-refractivity contribution is -0.117. The van der Waals surface area contributed by atoms with Crippen molar-refractivity contribution in [3.05, 3.63) is 59.9 Å². The molecule has 3 N–H and O–H groups in total. The number of benzene rings is 1. The summed E-state index contributed by atoms with van der Waals surface area (Å²) in [6.45, 7) is 4.30. The second-order valence-electron chi connectivity index (χ2n) is 6.15. The molecule has 3 rings (SSSR count). The third-order valence-electron chi connectivity index (χ3n) is 4.11. The maximum Gasteiger partial charge on any atom is 0.242 e. The summed E-state index contributed by atoms with van der Waals surface area (Å²) in [5, 5.41) is 2.96. The number of carbonyl (C=O) groups is 1. The number of rotatable bonds is 4. The highest BCUT2D eigenvalue weighted by Crippen LogP contribution is 2.22. The fourth-order valence-corrected chi connectivity index (χ4v) is 2.68. The molecule has 2 atom stereocenters. The van der Waals surface area contributed by atoms with E-state index in [0.29, 0.717) is 12.3 Å². The van der Waals surface area contributed by atoms with Crippen LogP contribution in [0.3, 0.4) is 0 Å². The third kappa shape index (κ3) is 3.75. The fourth-order valence-electron chi connectivity index (χ4n) is 2.68. The molecule has 1 amide bonds. The van der Waals surface area contributed by atoms with Crippen LogP contribution in [0.2, 0.25) is 0 Å². The summed E-state index contributed by atoms with van der Waals surface area (Å²) in [6, 6.07) is 13.6. The summed E-state index contributed by atoms with van der Waals surface area (Å²) in [4.78, 5) is 16.7. The predicted octanol–water partition coefficient (Wildman–Crippen LogP) is 2.75. The summed E-state index contributed by atoms with van der Waals surface area (Å²) < 4.78 is 0. The fraction of sp³-hybridized carbons (Fsp3) is 0.333. The lowest BCUT2D eigenvalue weighted by atomic mass is 10.0. The smallest absolute Gasteiger partial charge is 0.242 e. The molecule has 0 radical (unpaired) electrons. The van der Waals surface area contributed by atoms with E-state index in [1.165, 1.54) is 5.56 Å². The molecule has 120 valence electrons. The Bertz CT molecular complexity index is 654. The summed E-state index contributed by atoms with van der Waals surface area (Å²) in [7, 11) is 0. The lowest BCUT2D eigenvalue weighted by Gasteiger charge is -2.12. The molecule has 5 heteroatoms. The largest absolute Gasteiger partial charge is 0.325 e. The van der Waals surface area contributed by atoms with E-state index in [1.807, 2.05) is 30.3 Å². The molecule has 2 heterocycles. The van der Waals surface area contributed by atoms with Gasteiger partial charge in [-0.25, -0.2) is 10.9 Å². The average Bonchev–Trinajstić information content (AvgIpc) is 3.06. The van der Waals surface area contributed by atoms with Crippen LogP contribution in [0.25, 0.3) is 0 Å². The Morgan fingerprint density at radius 2 is 1.96 bits per heavy atom. The molecule has 1 aliphatic heterocycles. The van der Waals surface area contributed by atoms with Gasteiger partial charge in [0.25, 0.3) is 0 Å². The van der Waals surface area contributed by atoms with Gasteiger partial charge in [-0.15, -0.1) is 0 Å². The highest BCUT2D eigenvalue weighted by atomic mass is 16.2. The molecule has 1 aliphatic rings. The first-order chi connectivity index (χ1) is 11.1. The first-order valence-electron chi connectivity index (χ1n) is 7.96. The summed E-state index contributed by atoms with van der Waals surface area (Å²) in [5.74, 6) is 0.452. The maximum atomic E-state index is 12.4. The van der Waals surface area contributed by atoms with Crippen LogP contribution < -0.4 is 16.2 Å². The standard InChI is InChI=1S/C18H22N4O/c1-12(2)13-6-8-14(9-7-13)20-18(23)17-11-16(21-22-17)15-5-3-4-10-19-15/h3-10,12,16-17,21-22H,11H2,1-2H3,(H,20,23). The maximum absolute atomic E-state index is 12.4. The van der Waals surface area contributed by atoms with Crippen molar-refractivity contribution < 1.29 is 4.79 Å². The number of hydrogen-bond acceptors (Lipinski definition) is 4. The highest BCUT2D eigenvalue weighted by molar-refractivity contribution is 5.95. The third-order valence-corrected chi connectivity index (χ3v) is 4.11. The molecule has 2 unspecified atom stereocenters. The van der Waals surface area contributed by atoms with Gasteiger partial charge in [-0.3, -0.25) is 9.78 Å². The Morgan fingerprint density at radius 1 is 1.17 bits per heavy atom. The van der Waals surface area contributed by atoms with Gasteiger partial charge >= 0.3 is 0 Å². The topological polar surface area (TPSA) is 66.0 Å². The van der Waals surface area contributed by atoms with Crippen molar-refractivity contribution in [2.45, 2.75) is 38.3 Å². The van der Waals surface area contributed by atoms with Crippen LogP contribution in [0, 0.1) is 0 Å². The molecule has 0 aliphatic carbocycles. The van der Waals surface area contributed by atoms with Gasteiger partial charge in [0, 0.05) is 11.9 Å². The van der Waals surface area contributed by atoms with Crippen molar-refractivity contribution in [3.8, 4) is 0 Å². The Kier molecular flexibility index (Phi) is 4.69. The van der Waals surface area contributed by atoms with Gasteiger partial charge in [0.2, 0.25) is 5.91 Å². The second-order valence-corrected chi connectivity index (χ2v) is 6.15. The summed E-state index contributed by atoms with van der Waals surface area (Å²) >= 11 is 0. The van der Waals surface area contributed by atoms with E-state index in [2.05, 4.69) is 47.1 Å². The van der Waals surface area contributed by atoms with Crippen molar-refractivity contribution in [1.82, 2.24) is 15.8 Å². The molecule has 1 saturated heterocycles. The lowest BCUT2D eigenvalue weighted by Crippen LogP contribution is -2.39. The van der Waals surface area contributed by atoms with Crippen LogP contribution in [0.5, 0.6) is 0 Å². The average molecular weight is 310 g/mol. The van der Waals surface area contributed by atoms with E-state index in [4.69, 9.17) is 0 Å². The van der Waals surface area contributed by atoms with Crippen LogP contribution in [-0.2, 0) is 4.79 Å². The van der Waals surface area contributed by atoms with Crippen LogP contribution in [0.4, 0.5) is 5.69 Å². The second kappa shape index (κ2) is 6.89. The van der Waals surface area contributed by atoms with E-state index < -0.39 is 0 Å². The van der Waals surface area contributed by atoms with Crippen LogP contribution in [-0.4, -0.2) is 16.9 Å². The number of anilines is 1. The van der Waals surface area contributed by atoms with Crippen LogP contribution >= 0.6 is 0 Å². The van der Waals surface area contributed by atoms with E-state index in [9.17, 15) is 4.79 Å². The van der Waals surface area contributed by atoms with Gasteiger partial charge in [0.15, 0.2) is 0 Å². The van der Waals surface area contributed by atoms with E-state index >= 15 is 0 Å². The molecule has 23 heavy (non-hydrogen) atoms. The molecule has 1 fully saturated rings. The molecule has 0 saturated carbocycles. The molecule has 1 aromatic heterocycles. The van der Waals surface area contributed by atoms with Crippen molar-refractivity contribution in [3.63, 3.8) is 0 Å². The number of hydrazine groups is 1. The van der Waals surface area contributed by atoms with Gasteiger partial charge in [-0.1, -0.05) is 32.0 Å². The Hall–Kier alpha value is -2.24. The quantitative estimate of drug-likeness (QED) is 0.812. The van der Waals surface area contributed by atoms with Gasteiger partial charge < -0.3 is 5.32 Å². The molecule has 0 spiro atoms. The zero-order valence-electron chi connectivity index (χ0n) is 13.4. The van der Waals surface area contributed by atoms with Crippen molar-refractivity contribution >= 4 is 11.6 Å². The summed E-state index contributed by atoms with van der Waals surface area (Å²) in [6.07, 6.45) is 2.44. The van der Waals surface area contributed by atoms with E-state index in [-0.39, 0.29) is 18.0 Å². The van der Waals surface area contributed by atoms with Crippen molar-refractivity contribution in [2.75, 3.05) is 5.32 Å². The van der Waals surface area contributed by atoms with Gasteiger partial charge in [-0.05, 0) is 42.2 Å². The number of carbonyl (C=O) groups excluding carboxylic acids is 1. The Balaban J connectivity index is 1.59. The van der Waals surface area contributed by atoms with E-state index in [0.717, 1.165) is 11.4 Å². The first kappa shape index (κ1) is 15.6. The number of hydrogen-bond donors (Lipinski definition) is 3. The zero-order valence-corrected chi connectivity index (χ0v) is 13.4. The van der Waals surface area contributed by atoms with Gasteiger partial charge in [0.1, 0.15) is 6.04 Å². The van der Waals surface area contributed by atoms with Crippen molar-refractivity contribution in [2.24, 2.45) is 0 Å². The van der Waals surface area contributed by atoms with Gasteiger partial charge in [0.05, 0.1) is 11.7 Å². The monoisotopic (exact) mass is 310 g/mol. The molecule has 1 aromatic carbocycles. The number of nitrogens with zero attached hydrogens (tertiary/aromatic N) is 1. The van der Waals surface area contributed by atoms with Gasteiger partial charge in [-0.2, -0.15) is 0 Å². The molecule has 5 nitrogen and oxygen atoms in total. The van der Waals surface area contributed by atoms with Crippen molar-refractivity contribution in [1.29, 1.82) is 0 Å². The predicted molar refractivity (Wildman–Crippen MR) is 90.8 cm³/mol. The number of pyridine rings is 1. The van der Waals surface area contributed by atoms with Crippen LogP contribution in [0.15, 0.2) is 48.7 Å².